The maximum atomic E-state index is 12.5. The van der Waals surface area contributed by atoms with Crippen LogP contribution in [0, 0.1) is 17.2 Å². The van der Waals surface area contributed by atoms with Crippen LogP contribution in [0.15, 0.2) is 24.3 Å². The molecule has 1 aromatic carbocycles. The number of hydrogen-bond donors (Lipinski definition) is 1. The van der Waals surface area contributed by atoms with Gasteiger partial charge in [0, 0.05) is 19.1 Å². The van der Waals surface area contributed by atoms with Crippen molar-refractivity contribution in [3.05, 3.63) is 35.4 Å². The number of rotatable bonds is 4. The van der Waals surface area contributed by atoms with E-state index in [0.717, 1.165) is 12.8 Å². The van der Waals surface area contributed by atoms with E-state index in [1.54, 1.807) is 28.6 Å². The Morgan fingerprint density at radius 1 is 1.52 bits per heavy atom. The molecule has 1 saturated heterocycles. The van der Waals surface area contributed by atoms with Gasteiger partial charge in [-0.05, 0) is 43.4 Å². The van der Waals surface area contributed by atoms with Gasteiger partial charge in [0.2, 0.25) is 10.0 Å². The van der Waals surface area contributed by atoms with Crippen LogP contribution in [0.1, 0.15) is 30.9 Å². The molecule has 0 aromatic heterocycles. The van der Waals surface area contributed by atoms with Crippen LogP contribution in [0.4, 0.5) is 0 Å². The summed E-state index contributed by atoms with van der Waals surface area (Å²) in [5.41, 5.74) is 7.04. The Hall–Kier alpha value is -1.42. The largest absolute Gasteiger partial charge is 0.328 e. The maximum absolute atomic E-state index is 12.5. The van der Waals surface area contributed by atoms with Crippen molar-refractivity contribution >= 4 is 10.0 Å². The van der Waals surface area contributed by atoms with E-state index in [1.807, 2.05) is 13.0 Å². The number of nitrogens with zero attached hydrogens (tertiary/aromatic N) is 2. The number of hydrogen-bond acceptors (Lipinski definition) is 4. The van der Waals surface area contributed by atoms with Crippen molar-refractivity contribution in [3.63, 3.8) is 0 Å². The summed E-state index contributed by atoms with van der Waals surface area (Å²) in [5.74, 6) is 0.160. The third-order valence-electron chi connectivity index (χ3n) is 3.96. The summed E-state index contributed by atoms with van der Waals surface area (Å²) in [6.45, 7) is 2.98. The van der Waals surface area contributed by atoms with Crippen LogP contribution in [0.2, 0.25) is 0 Å². The highest BCUT2D eigenvalue weighted by Crippen LogP contribution is 2.23. The quantitative estimate of drug-likeness (QED) is 0.912. The van der Waals surface area contributed by atoms with Crippen LogP contribution < -0.4 is 5.73 Å². The van der Waals surface area contributed by atoms with E-state index in [1.165, 1.54) is 0 Å². The van der Waals surface area contributed by atoms with Crippen molar-refractivity contribution in [1.82, 2.24) is 4.31 Å². The minimum absolute atomic E-state index is 0.00455. The van der Waals surface area contributed by atoms with Crippen molar-refractivity contribution in [2.24, 2.45) is 11.7 Å². The Balaban J connectivity index is 2.12. The van der Waals surface area contributed by atoms with E-state index in [9.17, 15) is 8.42 Å². The summed E-state index contributed by atoms with van der Waals surface area (Å²) in [5, 5.41) is 8.88. The molecule has 1 aliphatic rings. The second-order valence-electron chi connectivity index (χ2n) is 5.69. The fourth-order valence-electron chi connectivity index (χ4n) is 2.69. The zero-order valence-electron chi connectivity index (χ0n) is 12.2. The van der Waals surface area contributed by atoms with Crippen LogP contribution >= 0.6 is 0 Å². The molecule has 21 heavy (non-hydrogen) atoms. The molecule has 2 atom stereocenters. The van der Waals surface area contributed by atoms with Gasteiger partial charge in [0.25, 0.3) is 0 Å². The first-order valence-electron chi connectivity index (χ1n) is 7.15. The molecule has 6 heteroatoms. The van der Waals surface area contributed by atoms with E-state index < -0.39 is 10.0 Å². The minimum atomic E-state index is -3.36. The zero-order chi connectivity index (χ0) is 15.5. The first kappa shape index (κ1) is 16.0. The van der Waals surface area contributed by atoms with Crippen molar-refractivity contribution < 1.29 is 8.42 Å². The van der Waals surface area contributed by atoms with Gasteiger partial charge in [0.15, 0.2) is 0 Å². The van der Waals surface area contributed by atoms with Gasteiger partial charge in [-0.3, -0.25) is 0 Å². The molecule has 1 heterocycles. The summed E-state index contributed by atoms with van der Waals surface area (Å²) in [7, 11) is -3.36. The van der Waals surface area contributed by atoms with E-state index in [2.05, 4.69) is 0 Å². The highest BCUT2D eigenvalue weighted by atomic mass is 32.2. The molecule has 1 aromatic rings. The molecule has 0 radical (unpaired) electrons. The van der Waals surface area contributed by atoms with E-state index >= 15 is 0 Å². The average Bonchev–Trinajstić information content (AvgIpc) is 2.47. The summed E-state index contributed by atoms with van der Waals surface area (Å²) < 4.78 is 26.6. The maximum Gasteiger partial charge on any atom is 0.218 e. The average molecular weight is 307 g/mol. The van der Waals surface area contributed by atoms with Gasteiger partial charge in [-0.1, -0.05) is 12.1 Å². The summed E-state index contributed by atoms with van der Waals surface area (Å²) in [4.78, 5) is 0. The SMILES string of the molecule is CC(N)C1CCCN(S(=O)(=O)Cc2cccc(C#N)c2)C1. The summed E-state index contributed by atoms with van der Waals surface area (Å²) in [6, 6.07) is 8.79. The van der Waals surface area contributed by atoms with E-state index in [4.69, 9.17) is 11.0 Å². The Kier molecular flexibility index (Phi) is 4.99. The third kappa shape index (κ3) is 4.03. The predicted molar refractivity (Wildman–Crippen MR) is 81.7 cm³/mol. The molecule has 2 unspecified atom stereocenters. The molecule has 0 bridgehead atoms. The molecule has 0 amide bonds. The lowest BCUT2D eigenvalue weighted by Crippen LogP contribution is -2.45. The highest BCUT2D eigenvalue weighted by molar-refractivity contribution is 7.88. The van der Waals surface area contributed by atoms with E-state index in [0.29, 0.717) is 24.2 Å². The van der Waals surface area contributed by atoms with Crippen molar-refractivity contribution in [2.75, 3.05) is 13.1 Å². The lowest BCUT2D eigenvalue weighted by molar-refractivity contribution is 0.243. The normalized spacial score (nSPS) is 21.7. The van der Waals surface area contributed by atoms with Crippen LogP contribution in [0.5, 0.6) is 0 Å². The van der Waals surface area contributed by atoms with Gasteiger partial charge in [0.05, 0.1) is 17.4 Å². The molecule has 0 aliphatic carbocycles. The number of sulfonamides is 1. The van der Waals surface area contributed by atoms with Gasteiger partial charge < -0.3 is 5.73 Å². The lowest BCUT2D eigenvalue weighted by atomic mass is 9.93. The third-order valence-corrected chi connectivity index (χ3v) is 5.78. The van der Waals surface area contributed by atoms with Crippen molar-refractivity contribution in [3.8, 4) is 6.07 Å². The predicted octanol–water partition coefficient (Wildman–Crippen LogP) is 1.45. The highest BCUT2D eigenvalue weighted by Gasteiger charge is 2.30. The number of nitrogens with two attached hydrogens (primary N) is 1. The molecular formula is C15H21N3O2S. The minimum Gasteiger partial charge on any atom is -0.328 e. The monoisotopic (exact) mass is 307 g/mol. The Morgan fingerprint density at radius 2 is 2.29 bits per heavy atom. The Morgan fingerprint density at radius 3 is 2.95 bits per heavy atom. The molecular weight excluding hydrogens is 286 g/mol. The lowest BCUT2D eigenvalue weighted by Gasteiger charge is -2.33. The Bertz CT molecular complexity index is 635. The molecule has 5 nitrogen and oxygen atoms in total. The fraction of sp³-hybridized carbons (Fsp3) is 0.533. The second-order valence-corrected chi connectivity index (χ2v) is 7.66. The van der Waals surface area contributed by atoms with Gasteiger partial charge in [-0.2, -0.15) is 5.26 Å². The van der Waals surface area contributed by atoms with Crippen molar-refractivity contribution in [2.45, 2.75) is 31.6 Å². The molecule has 1 fully saturated rings. The van der Waals surface area contributed by atoms with Crippen LogP contribution in [-0.2, 0) is 15.8 Å². The van der Waals surface area contributed by atoms with Gasteiger partial charge >= 0.3 is 0 Å². The fourth-order valence-corrected chi connectivity index (χ4v) is 4.30. The smallest absolute Gasteiger partial charge is 0.218 e. The van der Waals surface area contributed by atoms with Crippen LogP contribution in [0.25, 0.3) is 0 Å². The number of piperidine rings is 1. The molecule has 0 saturated carbocycles. The molecule has 2 rings (SSSR count). The molecule has 2 N–H and O–H groups in total. The zero-order valence-corrected chi connectivity index (χ0v) is 13.0. The number of benzene rings is 1. The van der Waals surface area contributed by atoms with Gasteiger partial charge in [-0.25, -0.2) is 12.7 Å². The molecule has 1 aliphatic heterocycles. The molecule has 0 spiro atoms. The first-order chi connectivity index (χ1) is 9.92. The van der Waals surface area contributed by atoms with Crippen molar-refractivity contribution in [1.29, 1.82) is 5.26 Å². The Labute approximate surface area is 126 Å². The number of nitriles is 1. The molecule has 114 valence electrons. The second kappa shape index (κ2) is 6.56. The standard InChI is InChI=1S/C15H21N3O2S/c1-12(17)15-6-3-7-18(10-15)21(19,20)11-14-5-2-4-13(8-14)9-16/h2,4-5,8,12,15H,3,6-7,10-11,17H2,1H3. The van der Waals surface area contributed by atoms with Crippen LogP contribution in [0.3, 0.4) is 0 Å². The summed E-state index contributed by atoms with van der Waals surface area (Å²) >= 11 is 0. The topological polar surface area (TPSA) is 87.2 Å². The van der Waals surface area contributed by atoms with Crippen LogP contribution in [-0.4, -0.2) is 31.9 Å². The van der Waals surface area contributed by atoms with E-state index in [-0.39, 0.29) is 17.7 Å². The van der Waals surface area contributed by atoms with Gasteiger partial charge in [-0.15, -0.1) is 0 Å². The first-order valence-corrected chi connectivity index (χ1v) is 8.76. The summed E-state index contributed by atoms with van der Waals surface area (Å²) in [6.07, 6.45) is 1.83. The van der Waals surface area contributed by atoms with Gasteiger partial charge in [0.1, 0.15) is 0 Å².